The number of ketones is 1. The number of Topliss-reactive ketones (excluding diaryl/α,β-unsaturated/α-hetero) is 1. The summed E-state index contributed by atoms with van der Waals surface area (Å²) in [5, 5.41) is 11.8. The minimum absolute atomic E-state index is 0.00391. The Morgan fingerprint density at radius 2 is 1.89 bits per heavy atom. The molecule has 9 heteroatoms. The lowest BCUT2D eigenvalue weighted by Gasteiger charge is -2.25. The second-order valence-corrected chi connectivity index (χ2v) is 8.76. The maximum Gasteiger partial charge on any atom is 0.295 e. The predicted octanol–water partition coefficient (Wildman–Crippen LogP) is 5.27. The first-order valence-electron chi connectivity index (χ1n) is 10.9. The molecule has 0 radical (unpaired) electrons. The number of halogens is 2. The Bertz CT molecular complexity index is 1270. The van der Waals surface area contributed by atoms with Crippen LogP contribution in [0, 0.1) is 0 Å². The molecule has 0 bridgehead atoms. The summed E-state index contributed by atoms with van der Waals surface area (Å²) in [6, 6.07) is 10.7. The van der Waals surface area contributed by atoms with E-state index in [2.05, 4.69) is 11.6 Å². The lowest BCUT2D eigenvalue weighted by Crippen LogP contribution is -2.31. The van der Waals surface area contributed by atoms with Gasteiger partial charge in [-0.2, -0.15) is 0 Å². The van der Waals surface area contributed by atoms with Gasteiger partial charge in [0.1, 0.15) is 18.1 Å². The Kier molecular flexibility index (Phi) is 7.58. The van der Waals surface area contributed by atoms with Crippen LogP contribution in [-0.2, 0) is 16.1 Å². The molecular weight excluding hydrogens is 489 g/mol. The van der Waals surface area contributed by atoms with E-state index in [0.29, 0.717) is 48.0 Å². The van der Waals surface area contributed by atoms with E-state index in [0.717, 1.165) is 0 Å². The Hall–Kier alpha value is -3.55. The predicted molar refractivity (Wildman–Crippen MR) is 134 cm³/mol. The quantitative estimate of drug-likeness (QED) is 0.183. The van der Waals surface area contributed by atoms with Crippen molar-refractivity contribution in [2.75, 3.05) is 13.2 Å². The van der Waals surface area contributed by atoms with Crippen molar-refractivity contribution in [1.29, 1.82) is 0 Å². The fourth-order valence-corrected chi connectivity index (χ4v) is 4.31. The molecule has 1 aromatic heterocycles. The van der Waals surface area contributed by atoms with Crippen LogP contribution in [-0.4, -0.2) is 44.4 Å². The molecule has 4 rings (SSSR count). The van der Waals surface area contributed by atoms with Crippen LogP contribution in [0.4, 0.5) is 0 Å². The molecule has 1 amide bonds. The van der Waals surface area contributed by atoms with Crippen molar-refractivity contribution < 1.29 is 19.4 Å². The molecule has 1 unspecified atom stereocenters. The molecule has 0 spiro atoms. The first kappa shape index (κ1) is 24.6. The van der Waals surface area contributed by atoms with Crippen LogP contribution in [0.25, 0.3) is 5.76 Å². The largest absolute Gasteiger partial charge is 0.507 e. The number of aliphatic hydroxyl groups excluding tert-OH is 1. The van der Waals surface area contributed by atoms with E-state index in [9.17, 15) is 14.7 Å². The van der Waals surface area contributed by atoms with E-state index >= 15 is 0 Å². The van der Waals surface area contributed by atoms with Gasteiger partial charge >= 0.3 is 0 Å². The molecule has 0 aliphatic carbocycles. The molecule has 1 fully saturated rings. The number of carbonyl (C=O) groups excluding carboxylic acids is 2. The van der Waals surface area contributed by atoms with Crippen molar-refractivity contribution in [3.8, 4) is 5.75 Å². The highest BCUT2D eigenvalue weighted by Crippen LogP contribution is 2.41. The second-order valence-electron chi connectivity index (χ2n) is 7.94. The number of hydrogen-bond acceptors (Lipinski definition) is 5. The summed E-state index contributed by atoms with van der Waals surface area (Å²) < 4.78 is 7.37. The van der Waals surface area contributed by atoms with Crippen molar-refractivity contribution in [3.05, 3.63) is 101 Å². The summed E-state index contributed by atoms with van der Waals surface area (Å²) in [4.78, 5) is 31.7. The monoisotopic (exact) mass is 511 g/mol. The molecule has 180 valence electrons. The van der Waals surface area contributed by atoms with Crippen molar-refractivity contribution in [2.45, 2.75) is 19.0 Å². The van der Waals surface area contributed by atoms with Gasteiger partial charge in [0, 0.05) is 31.0 Å². The standard InChI is InChI=1S/C26H23Cl2N3O4/c1-2-14-35-19-7-4-17(5-8-19)24(32)22-23(18-6-9-20(27)21(28)15-18)31(26(34)25(22)33)12-3-11-30-13-10-29-16-30/h2,4-10,13,15-16,23,32H,1,3,11-12,14H2/b24-22-. The van der Waals surface area contributed by atoms with E-state index in [1.165, 1.54) is 4.90 Å². The van der Waals surface area contributed by atoms with Gasteiger partial charge in [-0.05, 0) is 48.4 Å². The zero-order chi connectivity index (χ0) is 24.9. The summed E-state index contributed by atoms with van der Waals surface area (Å²) in [5.41, 5.74) is 0.960. The number of ether oxygens (including phenoxy) is 1. The van der Waals surface area contributed by atoms with E-state index in [-0.39, 0.29) is 16.4 Å². The van der Waals surface area contributed by atoms with Gasteiger partial charge in [-0.1, -0.05) is 41.9 Å². The van der Waals surface area contributed by atoms with Gasteiger partial charge in [-0.3, -0.25) is 9.59 Å². The van der Waals surface area contributed by atoms with Gasteiger partial charge in [0.15, 0.2) is 0 Å². The van der Waals surface area contributed by atoms with Crippen molar-refractivity contribution in [3.63, 3.8) is 0 Å². The van der Waals surface area contributed by atoms with Crippen LogP contribution in [0.1, 0.15) is 23.6 Å². The van der Waals surface area contributed by atoms with Gasteiger partial charge in [-0.15, -0.1) is 0 Å². The highest BCUT2D eigenvalue weighted by Gasteiger charge is 2.45. The number of amides is 1. The van der Waals surface area contributed by atoms with Gasteiger partial charge in [-0.25, -0.2) is 4.98 Å². The Morgan fingerprint density at radius 1 is 1.11 bits per heavy atom. The number of aliphatic hydroxyl groups is 1. The fraction of sp³-hybridized carbons (Fsp3) is 0.192. The summed E-state index contributed by atoms with van der Waals surface area (Å²) in [7, 11) is 0. The molecule has 2 aromatic carbocycles. The summed E-state index contributed by atoms with van der Waals surface area (Å²) in [5.74, 6) is -1.12. The van der Waals surface area contributed by atoms with E-state index in [1.54, 1.807) is 61.1 Å². The molecule has 1 aliphatic heterocycles. The molecule has 1 saturated heterocycles. The number of hydrogen-bond donors (Lipinski definition) is 1. The molecular formula is C26H23Cl2N3O4. The van der Waals surface area contributed by atoms with Gasteiger partial charge in [0.25, 0.3) is 11.7 Å². The molecule has 1 atom stereocenters. The first-order valence-corrected chi connectivity index (χ1v) is 11.7. The van der Waals surface area contributed by atoms with Crippen molar-refractivity contribution >= 4 is 40.7 Å². The minimum atomic E-state index is -0.816. The van der Waals surface area contributed by atoms with Gasteiger partial charge in [0.05, 0.1) is 28.0 Å². The number of carbonyl (C=O) groups is 2. The third-order valence-electron chi connectivity index (χ3n) is 5.67. The molecule has 1 N–H and O–H groups in total. The lowest BCUT2D eigenvalue weighted by molar-refractivity contribution is -0.139. The van der Waals surface area contributed by atoms with Gasteiger partial charge < -0.3 is 19.3 Å². The van der Waals surface area contributed by atoms with Crippen LogP contribution < -0.4 is 4.74 Å². The van der Waals surface area contributed by atoms with Crippen LogP contribution in [0.15, 0.2) is 79.4 Å². The summed E-state index contributed by atoms with van der Waals surface area (Å²) in [6.07, 6.45) is 7.39. The van der Waals surface area contributed by atoms with Crippen LogP contribution in [0.5, 0.6) is 5.75 Å². The maximum atomic E-state index is 13.1. The average molecular weight is 512 g/mol. The molecule has 0 saturated carbocycles. The average Bonchev–Trinajstić information content (AvgIpc) is 3.47. The molecule has 35 heavy (non-hydrogen) atoms. The van der Waals surface area contributed by atoms with E-state index < -0.39 is 17.7 Å². The number of nitrogens with zero attached hydrogens (tertiary/aromatic N) is 3. The lowest BCUT2D eigenvalue weighted by atomic mass is 9.95. The maximum absolute atomic E-state index is 13.1. The Labute approximate surface area is 212 Å². The number of aryl methyl sites for hydroxylation is 1. The summed E-state index contributed by atoms with van der Waals surface area (Å²) >= 11 is 12.4. The smallest absolute Gasteiger partial charge is 0.295 e. The zero-order valence-electron chi connectivity index (χ0n) is 18.7. The van der Waals surface area contributed by atoms with Crippen molar-refractivity contribution in [2.24, 2.45) is 0 Å². The Morgan fingerprint density at radius 3 is 2.54 bits per heavy atom. The van der Waals surface area contributed by atoms with E-state index in [4.69, 9.17) is 27.9 Å². The highest BCUT2D eigenvalue weighted by atomic mass is 35.5. The molecule has 1 aliphatic rings. The third-order valence-corrected chi connectivity index (χ3v) is 6.41. The zero-order valence-corrected chi connectivity index (χ0v) is 20.2. The second kappa shape index (κ2) is 10.8. The number of imidazole rings is 1. The molecule has 2 heterocycles. The molecule has 7 nitrogen and oxygen atoms in total. The number of benzene rings is 2. The number of aromatic nitrogens is 2. The van der Waals surface area contributed by atoms with Crippen LogP contribution in [0.2, 0.25) is 10.0 Å². The Balaban J connectivity index is 1.71. The fourth-order valence-electron chi connectivity index (χ4n) is 4.00. The highest BCUT2D eigenvalue weighted by molar-refractivity contribution is 6.46. The first-order chi connectivity index (χ1) is 16.9. The topological polar surface area (TPSA) is 84.7 Å². The summed E-state index contributed by atoms with van der Waals surface area (Å²) in [6.45, 7) is 4.86. The number of likely N-dealkylation sites (tertiary alicyclic amines) is 1. The van der Waals surface area contributed by atoms with Crippen molar-refractivity contribution in [1.82, 2.24) is 14.5 Å². The van der Waals surface area contributed by atoms with Gasteiger partial charge in [0.2, 0.25) is 0 Å². The number of rotatable bonds is 9. The van der Waals surface area contributed by atoms with Crippen LogP contribution >= 0.6 is 23.2 Å². The SMILES string of the molecule is C=CCOc1ccc(/C(O)=C2/C(=O)C(=O)N(CCCn3ccnc3)C2c2ccc(Cl)c(Cl)c2)cc1. The normalized spacial score (nSPS) is 17.1. The van der Waals surface area contributed by atoms with E-state index in [1.807, 2.05) is 10.8 Å². The minimum Gasteiger partial charge on any atom is -0.507 e. The molecule has 3 aromatic rings. The third kappa shape index (κ3) is 5.26. The van der Waals surface area contributed by atoms with Crippen LogP contribution in [0.3, 0.4) is 0 Å².